The lowest BCUT2D eigenvalue weighted by molar-refractivity contribution is 0.0674. The quantitative estimate of drug-likeness (QED) is 0.834. The Labute approximate surface area is 147 Å². The van der Waals surface area contributed by atoms with E-state index in [9.17, 15) is 4.79 Å². The summed E-state index contributed by atoms with van der Waals surface area (Å²) in [5.41, 5.74) is 2.09. The summed E-state index contributed by atoms with van der Waals surface area (Å²) in [4.78, 5) is 17.2. The average Bonchev–Trinajstić information content (AvgIpc) is 2.60. The number of nitrogens with one attached hydrogen (secondary N) is 1. The van der Waals surface area contributed by atoms with Crippen LogP contribution in [0.2, 0.25) is 0 Å². The molecule has 0 bridgehead atoms. The molecule has 2 rings (SSSR count). The molecule has 1 aliphatic heterocycles. The molecule has 0 spiro atoms. The smallest absolute Gasteiger partial charge is 0.253 e. The van der Waals surface area contributed by atoms with Crippen molar-refractivity contribution in [1.82, 2.24) is 15.1 Å². The maximum atomic E-state index is 12.7. The molecule has 1 aromatic carbocycles. The molecule has 24 heavy (non-hydrogen) atoms. The summed E-state index contributed by atoms with van der Waals surface area (Å²) in [6.07, 6.45) is 2.32. The molecule has 0 saturated carbocycles. The van der Waals surface area contributed by atoms with Gasteiger partial charge in [0.25, 0.3) is 5.91 Å². The Kier molecular flexibility index (Phi) is 7.25. The maximum absolute atomic E-state index is 12.7. The minimum Gasteiger partial charge on any atom is -0.338 e. The summed E-state index contributed by atoms with van der Waals surface area (Å²) in [5.74, 6) is 0.759. The minimum absolute atomic E-state index is 0.179. The molecule has 1 saturated heterocycles. The van der Waals surface area contributed by atoms with E-state index in [0.717, 1.165) is 44.7 Å². The fourth-order valence-corrected chi connectivity index (χ4v) is 3.53. The SMILES string of the molecule is CCN(Cc1ccc(C(=O)N2CCCC(CNC)C2)cc1)C(C)C. The van der Waals surface area contributed by atoms with Crippen molar-refractivity contribution in [3.05, 3.63) is 35.4 Å². The second kappa shape index (κ2) is 9.19. The van der Waals surface area contributed by atoms with Crippen LogP contribution in [0.4, 0.5) is 0 Å². The highest BCUT2D eigenvalue weighted by atomic mass is 16.2. The third-order valence-electron chi connectivity index (χ3n) is 5.02. The van der Waals surface area contributed by atoms with Gasteiger partial charge in [0, 0.05) is 31.2 Å². The Morgan fingerprint density at radius 1 is 1.33 bits per heavy atom. The van der Waals surface area contributed by atoms with Crippen molar-refractivity contribution >= 4 is 5.91 Å². The number of likely N-dealkylation sites (tertiary alicyclic amines) is 1. The van der Waals surface area contributed by atoms with Gasteiger partial charge in [0.2, 0.25) is 0 Å². The van der Waals surface area contributed by atoms with Gasteiger partial charge in [-0.25, -0.2) is 0 Å². The van der Waals surface area contributed by atoms with Crippen LogP contribution < -0.4 is 5.32 Å². The van der Waals surface area contributed by atoms with E-state index in [0.29, 0.717) is 12.0 Å². The third kappa shape index (κ3) is 5.05. The van der Waals surface area contributed by atoms with Gasteiger partial charge >= 0.3 is 0 Å². The maximum Gasteiger partial charge on any atom is 0.253 e. The number of piperidine rings is 1. The molecule has 1 aromatic rings. The third-order valence-corrected chi connectivity index (χ3v) is 5.02. The molecule has 0 radical (unpaired) electrons. The van der Waals surface area contributed by atoms with Crippen molar-refractivity contribution in [1.29, 1.82) is 0 Å². The molecule has 1 atom stereocenters. The van der Waals surface area contributed by atoms with Gasteiger partial charge in [0.1, 0.15) is 0 Å². The lowest BCUT2D eigenvalue weighted by Gasteiger charge is -2.33. The van der Waals surface area contributed by atoms with Gasteiger partial charge in [-0.3, -0.25) is 9.69 Å². The Hall–Kier alpha value is -1.39. The van der Waals surface area contributed by atoms with Gasteiger partial charge in [-0.15, -0.1) is 0 Å². The Bertz CT molecular complexity index is 510. The number of amides is 1. The second-order valence-electron chi connectivity index (χ2n) is 7.17. The van der Waals surface area contributed by atoms with Gasteiger partial charge in [0.05, 0.1) is 0 Å². The van der Waals surface area contributed by atoms with Crippen LogP contribution in [-0.4, -0.2) is 55.0 Å². The number of benzene rings is 1. The van der Waals surface area contributed by atoms with Gasteiger partial charge < -0.3 is 10.2 Å². The van der Waals surface area contributed by atoms with Gasteiger partial charge in [0.15, 0.2) is 0 Å². The second-order valence-corrected chi connectivity index (χ2v) is 7.17. The highest BCUT2D eigenvalue weighted by Crippen LogP contribution is 2.19. The van der Waals surface area contributed by atoms with E-state index >= 15 is 0 Å². The van der Waals surface area contributed by atoms with Crippen molar-refractivity contribution in [2.45, 2.75) is 46.2 Å². The molecular formula is C20H33N3O. The molecule has 4 nitrogen and oxygen atoms in total. The first-order chi connectivity index (χ1) is 11.5. The van der Waals surface area contributed by atoms with E-state index in [4.69, 9.17) is 0 Å². The first kappa shape index (κ1) is 18.9. The number of rotatable bonds is 7. The standard InChI is InChI=1S/C20H33N3O/c1-5-22(16(2)3)14-17-8-10-19(11-9-17)20(24)23-12-6-7-18(15-23)13-21-4/h8-11,16,18,21H,5-7,12-15H2,1-4H3. The topological polar surface area (TPSA) is 35.6 Å². The van der Waals surface area contributed by atoms with Crippen molar-refractivity contribution in [3.8, 4) is 0 Å². The molecule has 0 aromatic heterocycles. The predicted octanol–water partition coefficient (Wildman–Crippen LogP) is 2.99. The minimum atomic E-state index is 0.179. The summed E-state index contributed by atoms with van der Waals surface area (Å²) < 4.78 is 0. The molecule has 4 heteroatoms. The van der Waals surface area contributed by atoms with Crippen LogP contribution >= 0.6 is 0 Å². The van der Waals surface area contributed by atoms with Gasteiger partial charge in [-0.05, 0) is 70.4 Å². The number of nitrogens with zero attached hydrogens (tertiary/aromatic N) is 2. The first-order valence-electron chi connectivity index (χ1n) is 9.32. The molecule has 1 fully saturated rings. The Balaban J connectivity index is 1.98. The van der Waals surface area contributed by atoms with E-state index in [1.807, 2.05) is 24.1 Å². The van der Waals surface area contributed by atoms with E-state index in [-0.39, 0.29) is 5.91 Å². The molecular weight excluding hydrogens is 298 g/mol. The number of hydrogen-bond donors (Lipinski definition) is 1. The number of hydrogen-bond acceptors (Lipinski definition) is 3. The molecule has 0 aliphatic carbocycles. The van der Waals surface area contributed by atoms with Crippen molar-refractivity contribution in [2.75, 3.05) is 33.2 Å². The van der Waals surface area contributed by atoms with Crippen LogP contribution in [0.1, 0.15) is 49.5 Å². The van der Waals surface area contributed by atoms with E-state index in [1.165, 1.54) is 12.0 Å². The predicted molar refractivity (Wildman–Crippen MR) is 100 cm³/mol. The van der Waals surface area contributed by atoms with Crippen LogP contribution in [0.5, 0.6) is 0 Å². The van der Waals surface area contributed by atoms with Crippen LogP contribution in [0.15, 0.2) is 24.3 Å². The molecule has 1 aliphatic rings. The van der Waals surface area contributed by atoms with E-state index in [2.05, 4.69) is 43.1 Å². The fraction of sp³-hybridized carbons (Fsp3) is 0.650. The summed E-state index contributed by atoms with van der Waals surface area (Å²) >= 11 is 0. The van der Waals surface area contributed by atoms with Crippen LogP contribution in [0, 0.1) is 5.92 Å². The summed E-state index contributed by atoms with van der Waals surface area (Å²) in [5, 5.41) is 3.23. The molecule has 134 valence electrons. The Morgan fingerprint density at radius 2 is 2.04 bits per heavy atom. The van der Waals surface area contributed by atoms with Crippen molar-refractivity contribution < 1.29 is 4.79 Å². The van der Waals surface area contributed by atoms with Crippen LogP contribution in [-0.2, 0) is 6.54 Å². The number of carbonyl (C=O) groups excluding carboxylic acids is 1. The average molecular weight is 332 g/mol. The van der Waals surface area contributed by atoms with E-state index in [1.54, 1.807) is 0 Å². The Morgan fingerprint density at radius 3 is 2.62 bits per heavy atom. The lowest BCUT2D eigenvalue weighted by Crippen LogP contribution is -2.42. The summed E-state index contributed by atoms with van der Waals surface area (Å²) in [7, 11) is 1.98. The van der Waals surface area contributed by atoms with Crippen molar-refractivity contribution in [3.63, 3.8) is 0 Å². The summed E-state index contributed by atoms with van der Waals surface area (Å²) in [6, 6.07) is 8.73. The zero-order valence-electron chi connectivity index (χ0n) is 15.7. The van der Waals surface area contributed by atoms with Crippen molar-refractivity contribution in [2.24, 2.45) is 5.92 Å². The van der Waals surface area contributed by atoms with Crippen LogP contribution in [0.3, 0.4) is 0 Å². The first-order valence-corrected chi connectivity index (χ1v) is 9.32. The molecule has 1 amide bonds. The molecule has 1 heterocycles. The molecule has 1 unspecified atom stereocenters. The monoisotopic (exact) mass is 331 g/mol. The fourth-order valence-electron chi connectivity index (χ4n) is 3.53. The zero-order chi connectivity index (χ0) is 17.5. The lowest BCUT2D eigenvalue weighted by atomic mass is 9.97. The van der Waals surface area contributed by atoms with Crippen LogP contribution in [0.25, 0.3) is 0 Å². The summed E-state index contributed by atoms with van der Waals surface area (Å²) in [6.45, 7) is 11.4. The highest BCUT2D eigenvalue weighted by molar-refractivity contribution is 5.94. The van der Waals surface area contributed by atoms with Gasteiger partial charge in [-0.2, -0.15) is 0 Å². The van der Waals surface area contributed by atoms with Gasteiger partial charge in [-0.1, -0.05) is 19.1 Å². The molecule has 1 N–H and O–H groups in total. The largest absolute Gasteiger partial charge is 0.338 e. The van der Waals surface area contributed by atoms with E-state index < -0.39 is 0 Å². The highest BCUT2D eigenvalue weighted by Gasteiger charge is 2.24. The normalized spacial score (nSPS) is 18.4. The zero-order valence-corrected chi connectivity index (χ0v) is 15.7. The number of carbonyl (C=O) groups is 1.